The van der Waals surface area contributed by atoms with Crippen molar-refractivity contribution in [2.24, 2.45) is 45.3 Å². The first-order valence-corrected chi connectivity index (χ1v) is 20.0. The fraction of sp³-hybridized carbons (Fsp3) is 0.814. The van der Waals surface area contributed by atoms with Crippen molar-refractivity contribution in [3.8, 4) is 0 Å². The number of carbonyl (C=O) groups excluding carboxylic acids is 2. The van der Waals surface area contributed by atoms with Gasteiger partial charge in [-0.2, -0.15) is 0 Å². The minimum Gasteiger partial charge on any atom is -0.464 e. The maximum atomic E-state index is 14.0. The molecule has 0 spiro atoms. The van der Waals surface area contributed by atoms with Crippen molar-refractivity contribution < 1.29 is 14.3 Å². The summed E-state index contributed by atoms with van der Waals surface area (Å²) in [6, 6.07) is 0. The van der Waals surface area contributed by atoms with Crippen LogP contribution in [0.2, 0.25) is 0 Å². The number of rotatable bonds is 8. The molecule has 1 aliphatic heterocycles. The van der Waals surface area contributed by atoms with E-state index in [1.165, 1.54) is 82.0 Å². The van der Waals surface area contributed by atoms with E-state index in [4.69, 9.17) is 4.74 Å². The van der Waals surface area contributed by atoms with Gasteiger partial charge >= 0.3 is 0 Å². The highest BCUT2D eigenvalue weighted by Crippen LogP contribution is 2.76. The number of hydrogen-bond donors (Lipinski definition) is 1. The Morgan fingerprint density at radius 2 is 1.71 bits per heavy atom. The maximum Gasteiger partial charge on any atom is 0.293 e. The quantitative estimate of drug-likeness (QED) is 0.264. The average molecular weight is 659 g/mol. The first-order chi connectivity index (χ1) is 22.8. The fourth-order valence-electron chi connectivity index (χ4n) is 13.9. The van der Waals surface area contributed by atoms with Gasteiger partial charge in [-0.1, -0.05) is 67.0 Å². The van der Waals surface area contributed by atoms with E-state index in [1.807, 2.05) is 0 Å². The number of carbonyl (C=O) groups is 2. The molecule has 5 heteroatoms. The lowest BCUT2D eigenvalue weighted by Gasteiger charge is -2.71. The van der Waals surface area contributed by atoms with E-state index >= 15 is 0 Å². The predicted molar refractivity (Wildman–Crippen MR) is 194 cm³/mol. The number of ketones is 1. The molecule has 7 aliphatic rings. The first kappa shape index (κ1) is 34.7. The molecule has 1 unspecified atom stereocenters. The van der Waals surface area contributed by atoms with Crippen molar-refractivity contribution in [1.29, 1.82) is 0 Å². The Hall–Kier alpha value is -1.72. The van der Waals surface area contributed by atoms with E-state index in [0.717, 1.165) is 38.8 Å². The largest absolute Gasteiger partial charge is 0.464 e. The van der Waals surface area contributed by atoms with Crippen LogP contribution in [0, 0.1) is 45.3 Å². The zero-order chi connectivity index (χ0) is 34.1. The highest BCUT2D eigenvalue weighted by atomic mass is 16.5. The van der Waals surface area contributed by atoms with Gasteiger partial charge in [0.25, 0.3) is 6.47 Å². The number of fused-ring (bicyclic) bond motifs is 7. The Morgan fingerprint density at radius 3 is 2.40 bits per heavy atom. The number of Topliss-reactive ketones (excluding diaryl/α,β-unsaturated/α-hetero) is 1. The van der Waals surface area contributed by atoms with Crippen molar-refractivity contribution in [2.75, 3.05) is 26.2 Å². The van der Waals surface area contributed by atoms with Crippen molar-refractivity contribution in [2.45, 2.75) is 150 Å². The van der Waals surface area contributed by atoms with Crippen LogP contribution in [-0.4, -0.2) is 55.0 Å². The summed E-state index contributed by atoms with van der Waals surface area (Å²) in [6.07, 6.45) is 21.2. The number of ether oxygens (including phenoxy) is 1. The van der Waals surface area contributed by atoms with Crippen molar-refractivity contribution in [1.82, 2.24) is 10.2 Å². The monoisotopic (exact) mass is 659 g/mol. The van der Waals surface area contributed by atoms with Gasteiger partial charge in [-0.25, -0.2) is 0 Å². The van der Waals surface area contributed by atoms with Crippen LogP contribution >= 0.6 is 0 Å². The minimum atomic E-state index is -0.130. The third kappa shape index (κ3) is 5.20. The molecular formula is C43H66N2O3. The third-order valence-corrected chi connectivity index (χ3v) is 16.3. The van der Waals surface area contributed by atoms with Gasteiger partial charge in [-0.3, -0.25) is 9.59 Å². The molecule has 0 amide bonds. The van der Waals surface area contributed by atoms with Gasteiger partial charge in [0.1, 0.15) is 6.10 Å². The van der Waals surface area contributed by atoms with Gasteiger partial charge in [-0.15, -0.1) is 0 Å². The summed E-state index contributed by atoms with van der Waals surface area (Å²) in [5.41, 5.74) is 6.58. The fourth-order valence-corrected chi connectivity index (χ4v) is 13.9. The van der Waals surface area contributed by atoms with E-state index in [9.17, 15) is 9.59 Å². The molecule has 0 aromatic carbocycles. The molecular weight excluding hydrogens is 592 g/mol. The Kier molecular flexibility index (Phi) is 9.04. The van der Waals surface area contributed by atoms with Crippen LogP contribution < -0.4 is 5.32 Å². The molecule has 1 saturated heterocycles. The number of nitrogens with one attached hydrogen (secondary N) is 1. The molecule has 8 atom stereocenters. The number of hydrogen-bond acceptors (Lipinski definition) is 5. The van der Waals surface area contributed by atoms with Gasteiger partial charge in [0.05, 0.1) is 0 Å². The second-order valence-corrected chi connectivity index (χ2v) is 19.0. The smallest absolute Gasteiger partial charge is 0.293 e. The molecule has 4 fully saturated rings. The SMILES string of the molecule is CC(C)C1=C2[C@H]3CC[C@@H]4[C@@]5(C)CC=C(C6=CCC(OC=O)CC6)C(C)(C)[C@@H]5CC[C@@]4(C)[C@]3(C)CC[C@@]2(NCCN2CCCCC2)CC1=O. The summed E-state index contributed by atoms with van der Waals surface area (Å²) in [6.45, 7) is 22.9. The Morgan fingerprint density at radius 1 is 0.938 bits per heavy atom. The molecule has 7 rings (SSSR count). The molecule has 3 saturated carbocycles. The van der Waals surface area contributed by atoms with E-state index in [0.29, 0.717) is 36.4 Å². The molecule has 0 aromatic heterocycles. The van der Waals surface area contributed by atoms with Crippen molar-refractivity contribution in [3.05, 3.63) is 34.4 Å². The second-order valence-electron chi connectivity index (χ2n) is 19.0. The molecule has 1 heterocycles. The normalized spacial score (nSPS) is 42.7. The molecule has 6 aliphatic carbocycles. The summed E-state index contributed by atoms with van der Waals surface area (Å²) >= 11 is 0. The lowest BCUT2D eigenvalue weighted by Crippen LogP contribution is -2.66. The van der Waals surface area contributed by atoms with Crippen LogP contribution in [0.25, 0.3) is 0 Å². The Labute approximate surface area is 292 Å². The van der Waals surface area contributed by atoms with Crippen LogP contribution in [-0.2, 0) is 14.3 Å². The zero-order valence-electron chi connectivity index (χ0n) is 31.5. The number of piperidine rings is 1. The van der Waals surface area contributed by atoms with Crippen molar-refractivity contribution >= 4 is 12.3 Å². The lowest BCUT2D eigenvalue weighted by molar-refractivity contribution is -0.196. The Bertz CT molecular complexity index is 1380. The van der Waals surface area contributed by atoms with Crippen LogP contribution in [0.1, 0.15) is 138 Å². The first-order valence-electron chi connectivity index (χ1n) is 20.0. The average Bonchev–Trinajstić information content (AvgIpc) is 3.34. The van der Waals surface area contributed by atoms with Crippen LogP contribution in [0.4, 0.5) is 0 Å². The maximum absolute atomic E-state index is 14.0. The topological polar surface area (TPSA) is 58.6 Å². The van der Waals surface area contributed by atoms with Gasteiger partial charge in [0.2, 0.25) is 0 Å². The van der Waals surface area contributed by atoms with E-state index in [-0.39, 0.29) is 39.2 Å². The van der Waals surface area contributed by atoms with E-state index in [1.54, 1.807) is 11.1 Å². The standard InChI is InChI=1S/C43H66N2O3/c1-29(2)37-34(47)27-43(44-23-26-45-24-9-8-10-25-45)22-21-41(6)33(38(37)43)15-16-36-40(5)19-17-32(30-11-13-31(14-12-30)48-28-46)39(3,4)35(40)18-20-42(36,41)7/h11,17,28-29,31,33,35-36,44H,8-10,12-16,18-27H2,1-7H3/t31?,33-,35+,36-,40+,41-,42-,43-/m1/s1. The van der Waals surface area contributed by atoms with Gasteiger partial charge in [-0.05, 0) is 151 Å². The minimum absolute atomic E-state index is 0.0377. The van der Waals surface area contributed by atoms with Gasteiger partial charge < -0.3 is 15.0 Å². The molecule has 0 bridgehead atoms. The number of allylic oxidation sites excluding steroid dienone is 4. The van der Waals surface area contributed by atoms with E-state index < -0.39 is 0 Å². The summed E-state index contributed by atoms with van der Waals surface area (Å²) in [5.74, 6) is 2.57. The van der Waals surface area contributed by atoms with Crippen LogP contribution in [0.15, 0.2) is 34.4 Å². The summed E-state index contributed by atoms with van der Waals surface area (Å²) in [5, 5.41) is 4.15. The zero-order valence-corrected chi connectivity index (χ0v) is 31.5. The summed E-state index contributed by atoms with van der Waals surface area (Å²) < 4.78 is 5.33. The molecule has 0 radical (unpaired) electrons. The molecule has 0 aromatic rings. The second kappa shape index (κ2) is 12.5. The van der Waals surface area contributed by atoms with Gasteiger partial charge in [0.15, 0.2) is 5.78 Å². The molecule has 48 heavy (non-hydrogen) atoms. The predicted octanol–water partition coefficient (Wildman–Crippen LogP) is 8.98. The number of nitrogens with zero attached hydrogens (tertiary/aromatic N) is 1. The summed E-state index contributed by atoms with van der Waals surface area (Å²) in [4.78, 5) is 27.6. The number of likely N-dealkylation sites (tertiary alicyclic amines) is 1. The van der Waals surface area contributed by atoms with Crippen molar-refractivity contribution in [3.63, 3.8) is 0 Å². The Balaban J connectivity index is 1.18. The molecule has 5 nitrogen and oxygen atoms in total. The van der Waals surface area contributed by atoms with Crippen LogP contribution in [0.3, 0.4) is 0 Å². The molecule has 1 N–H and O–H groups in total. The summed E-state index contributed by atoms with van der Waals surface area (Å²) in [7, 11) is 0. The van der Waals surface area contributed by atoms with E-state index in [2.05, 4.69) is 70.8 Å². The highest BCUT2D eigenvalue weighted by Gasteiger charge is 2.69. The highest BCUT2D eigenvalue weighted by molar-refractivity contribution is 6.01. The third-order valence-electron chi connectivity index (χ3n) is 16.3. The molecule has 266 valence electrons. The lowest BCUT2D eigenvalue weighted by atomic mass is 9.33. The van der Waals surface area contributed by atoms with Gasteiger partial charge in [0, 0.05) is 31.5 Å². The van der Waals surface area contributed by atoms with Crippen LogP contribution in [0.5, 0.6) is 0 Å².